The molecule has 1 aromatic carbocycles. The first-order chi connectivity index (χ1) is 12.1. The van der Waals surface area contributed by atoms with E-state index in [4.69, 9.17) is 9.47 Å². The minimum absolute atomic E-state index is 0.197. The van der Waals surface area contributed by atoms with Crippen LogP contribution in [0.5, 0.6) is 11.5 Å². The molecule has 0 saturated carbocycles. The summed E-state index contributed by atoms with van der Waals surface area (Å²) in [5.41, 5.74) is 2.34. The lowest BCUT2D eigenvalue weighted by atomic mass is 10.1. The fraction of sp³-hybridized carbons (Fsp3) is 0.526. The molecule has 0 amide bonds. The van der Waals surface area contributed by atoms with Crippen LogP contribution in [0.1, 0.15) is 31.4 Å². The van der Waals surface area contributed by atoms with Crippen LogP contribution in [0.25, 0.3) is 0 Å². The van der Waals surface area contributed by atoms with Gasteiger partial charge in [-0.05, 0) is 44.4 Å². The first-order valence-corrected chi connectivity index (χ1v) is 8.80. The van der Waals surface area contributed by atoms with E-state index in [0.29, 0.717) is 25.0 Å². The van der Waals surface area contributed by atoms with E-state index >= 15 is 0 Å². The topological polar surface area (TPSA) is 68.5 Å². The summed E-state index contributed by atoms with van der Waals surface area (Å²) in [5.74, 6) is 0.756. The van der Waals surface area contributed by atoms with Crippen molar-refractivity contribution < 1.29 is 14.6 Å². The van der Waals surface area contributed by atoms with E-state index in [0.717, 1.165) is 25.9 Å². The lowest BCUT2D eigenvalue weighted by Crippen LogP contribution is -2.25. The van der Waals surface area contributed by atoms with Gasteiger partial charge in [0.05, 0.1) is 26.0 Å². The maximum atomic E-state index is 9.76. The summed E-state index contributed by atoms with van der Waals surface area (Å²) < 4.78 is 12.4. The van der Waals surface area contributed by atoms with Crippen LogP contribution in [0, 0.1) is 0 Å². The first kappa shape index (κ1) is 19.3. The highest BCUT2D eigenvalue weighted by atomic mass is 16.5. The molecule has 0 bridgehead atoms. The molecular weight excluding hydrogens is 318 g/mol. The Bertz CT molecular complexity index is 643. The third kappa shape index (κ3) is 6.40. The Morgan fingerprint density at radius 2 is 2.16 bits per heavy atom. The highest BCUT2D eigenvalue weighted by Gasteiger charge is 2.07. The van der Waals surface area contributed by atoms with Crippen LogP contribution in [0.15, 0.2) is 30.6 Å². The van der Waals surface area contributed by atoms with E-state index < -0.39 is 0 Å². The predicted octanol–water partition coefficient (Wildman–Crippen LogP) is 2.74. The molecule has 138 valence electrons. The molecule has 2 aromatic rings. The Morgan fingerprint density at radius 1 is 1.32 bits per heavy atom. The Labute approximate surface area is 149 Å². The van der Waals surface area contributed by atoms with Gasteiger partial charge in [0.25, 0.3) is 0 Å². The molecule has 1 aromatic heterocycles. The van der Waals surface area contributed by atoms with E-state index in [-0.39, 0.29) is 5.75 Å². The fourth-order valence-corrected chi connectivity index (χ4v) is 2.57. The molecule has 6 heteroatoms. The molecule has 1 heterocycles. The van der Waals surface area contributed by atoms with Crippen LogP contribution < -0.4 is 10.1 Å². The smallest absolute Gasteiger partial charge is 0.161 e. The molecule has 0 fully saturated rings. The van der Waals surface area contributed by atoms with E-state index in [2.05, 4.69) is 17.3 Å². The molecule has 0 aliphatic carbocycles. The maximum Gasteiger partial charge on any atom is 0.161 e. The summed E-state index contributed by atoms with van der Waals surface area (Å²) >= 11 is 0. The highest BCUT2D eigenvalue weighted by molar-refractivity contribution is 5.41. The van der Waals surface area contributed by atoms with E-state index in [1.807, 2.05) is 36.1 Å². The SMILES string of the molecule is CCOc1cc(CCC(C)NCc2cnn(CCOC)c2)ccc1O. The Morgan fingerprint density at radius 3 is 2.92 bits per heavy atom. The van der Waals surface area contributed by atoms with Gasteiger partial charge in [-0.1, -0.05) is 6.07 Å². The van der Waals surface area contributed by atoms with Crippen molar-refractivity contribution >= 4 is 0 Å². The van der Waals surface area contributed by atoms with E-state index in [9.17, 15) is 5.11 Å². The number of phenols is 1. The summed E-state index contributed by atoms with van der Waals surface area (Å²) in [7, 11) is 1.69. The van der Waals surface area contributed by atoms with Crippen molar-refractivity contribution in [1.29, 1.82) is 0 Å². The number of nitrogens with zero attached hydrogens (tertiary/aromatic N) is 2. The second-order valence-corrected chi connectivity index (χ2v) is 6.16. The zero-order valence-corrected chi connectivity index (χ0v) is 15.4. The van der Waals surface area contributed by atoms with Crippen LogP contribution >= 0.6 is 0 Å². The number of hydrogen-bond donors (Lipinski definition) is 2. The Kier molecular flexibility index (Phi) is 7.76. The molecule has 0 aliphatic heterocycles. The summed E-state index contributed by atoms with van der Waals surface area (Å²) in [5, 5.41) is 17.6. The Hall–Kier alpha value is -2.05. The van der Waals surface area contributed by atoms with Crippen molar-refractivity contribution in [2.75, 3.05) is 20.3 Å². The minimum atomic E-state index is 0.197. The molecule has 1 unspecified atom stereocenters. The van der Waals surface area contributed by atoms with Crippen LogP contribution in [0.3, 0.4) is 0 Å². The van der Waals surface area contributed by atoms with Gasteiger partial charge in [0.15, 0.2) is 11.5 Å². The van der Waals surface area contributed by atoms with E-state index in [1.54, 1.807) is 13.2 Å². The first-order valence-electron chi connectivity index (χ1n) is 8.80. The highest BCUT2D eigenvalue weighted by Crippen LogP contribution is 2.27. The molecular formula is C19H29N3O3. The molecule has 0 spiro atoms. The quantitative estimate of drug-likeness (QED) is 0.654. The molecule has 1 atom stereocenters. The van der Waals surface area contributed by atoms with Crippen molar-refractivity contribution in [2.24, 2.45) is 0 Å². The van der Waals surface area contributed by atoms with Crippen molar-refractivity contribution in [3.05, 3.63) is 41.7 Å². The number of aryl methyl sites for hydroxylation is 1. The van der Waals surface area contributed by atoms with E-state index in [1.165, 1.54) is 11.1 Å². The lowest BCUT2D eigenvalue weighted by Gasteiger charge is -2.14. The average Bonchev–Trinajstić information content (AvgIpc) is 3.07. The standard InChI is InChI=1S/C19H29N3O3/c1-4-25-19-11-16(7-8-18(19)23)6-5-15(2)20-12-17-13-21-22(14-17)9-10-24-3/h7-8,11,13-15,20,23H,4-6,9-10,12H2,1-3H3. The zero-order valence-electron chi connectivity index (χ0n) is 15.4. The predicted molar refractivity (Wildman–Crippen MR) is 98.0 cm³/mol. The van der Waals surface area contributed by atoms with Crippen molar-refractivity contribution in [1.82, 2.24) is 15.1 Å². The van der Waals surface area contributed by atoms with Gasteiger partial charge >= 0.3 is 0 Å². The van der Waals surface area contributed by atoms with Crippen LogP contribution in [-0.4, -0.2) is 41.3 Å². The Balaban J connectivity index is 1.76. The third-order valence-corrected chi connectivity index (χ3v) is 4.06. The van der Waals surface area contributed by atoms with Crippen LogP contribution in [0.4, 0.5) is 0 Å². The van der Waals surface area contributed by atoms with Gasteiger partial charge in [-0.25, -0.2) is 0 Å². The van der Waals surface area contributed by atoms with Crippen molar-refractivity contribution in [3.8, 4) is 11.5 Å². The number of nitrogens with one attached hydrogen (secondary N) is 1. The van der Waals surface area contributed by atoms with Gasteiger partial charge in [-0.2, -0.15) is 5.10 Å². The van der Waals surface area contributed by atoms with Gasteiger partial charge in [0.1, 0.15) is 0 Å². The number of phenolic OH excluding ortho intramolecular Hbond substituents is 1. The maximum absolute atomic E-state index is 9.76. The third-order valence-electron chi connectivity index (χ3n) is 4.06. The molecule has 2 rings (SSSR count). The van der Waals surface area contributed by atoms with Crippen LogP contribution in [0.2, 0.25) is 0 Å². The van der Waals surface area contributed by atoms with Gasteiger partial charge in [0, 0.05) is 31.5 Å². The van der Waals surface area contributed by atoms with Crippen molar-refractivity contribution in [3.63, 3.8) is 0 Å². The number of aromatic nitrogens is 2. The van der Waals surface area contributed by atoms with Gasteiger partial charge < -0.3 is 19.9 Å². The second kappa shape index (κ2) is 10.1. The molecule has 0 saturated heterocycles. The number of benzene rings is 1. The number of ether oxygens (including phenoxy) is 2. The largest absolute Gasteiger partial charge is 0.504 e. The molecule has 0 aliphatic rings. The number of rotatable bonds is 11. The molecule has 2 N–H and O–H groups in total. The number of methoxy groups -OCH3 is 1. The lowest BCUT2D eigenvalue weighted by molar-refractivity contribution is 0.183. The van der Waals surface area contributed by atoms with Gasteiger partial charge in [-0.3, -0.25) is 4.68 Å². The molecule has 6 nitrogen and oxygen atoms in total. The summed E-state index contributed by atoms with van der Waals surface area (Å²) in [6.45, 7) is 6.88. The zero-order chi connectivity index (χ0) is 18.1. The minimum Gasteiger partial charge on any atom is -0.504 e. The summed E-state index contributed by atoms with van der Waals surface area (Å²) in [4.78, 5) is 0. The van der Waals surface area contributed by atoms with Crippen LogP contribution in [-0.2, 0) is 24.2 Å². The summed E-state index contributed by atoms with van der Waals surface area (Å²) in [6.07, 6.45) is 5.88. The molecule has 25 heavy (non-hydrogen) atoms. The number of aromatic hydroxyl groups is 1. The van der Waals surface area contributed by atoms with Gasteiger partial charge in [-0.15, -0.1) is 0 Å². The van der Waals surface area contributed by atoms with Crippen molar-refractivity contribution in [2.45, 2.75) is 45.8 Å². The van der Waals surface area contributed by atoms with Gasteiger partial charge in [0.2, 0.25) is 0 Å². The summed E-state index contributed by atoms with van der Waals surface area (Å²) in [6, 6.07) is 5.95. The monoisotopic (exact) mass is 347 g/mol. The fourth-order valence-electron chi connectivity index (χ4n) is 2.57. The average molecular weight is 347 g/mol. The normalized spacial score (nSPS) is 12.3. The second-order valence-electron chi connectivity index (χ2n) is 6.16. The number of hydrogen-bond acceptors (Lipinski definition) is 5. The molecule has 0 radical (unpaired) electrons.